The molecule has 0 saturated heterocycles. The Morgan fingerprint density at radius 1 is 1.29 bits per heavy atom. The van der Waals surface area contributed by atoms with Crippen LogP contribution < -0.4 is 9.63 Å². The lowest BCUT2D eigenvalue weighted by molar-refractivity contribution is -0.905. The molecule has 1 amide bonds. The molecule has 3 aromatic rings. The fourth-order valence-corrected chi connectivity index (χ4v) is 4.19. The molecule has 1 N–H and O–H groups in total. The molecule has 4 rings (SSSR count). The Labute approximate surface area is 204 Å². The second kappa shape index (κ2) is 9.30. The first kappa shape index (κ1) is 25.6. The van der Waals surface area contributed by atoms with Crippen LogP contribution in [0.15, 0.2) is 42.9 Å². The van der Waals surface area contributed by atoms with Crippen LogP contribution in [0.25, 0.3) is 0 Å². The summed E-state index contributed by atoms with van der Waals surface area (Å²) < 4.78 is 41.5. The minimum absolute atomic E-state index is 0. The van der Waals surface area contributed by atoms with Gasteiger partial charge in [0.25, 0.3) is 5.91 Å². The number of amides is 1. The summed E-state index contributed by atoms with van der Waals surface area (Å²) in [5.74, 6) is -0.821. The van der Waals surface area contributed by atoms with Gasteiger partial charge in [0.15, 0.2) is 5.78 Å². The van der Waals surface area contributed by atoms with Gasteiger partial charge in [0.1, 0.15) is 5.69 Å². The van der Waals surface area contributed by atoms with Crippen molar-refractivity contribution in [3.63, 3.8) is 0 Å². The maximum absolute atomic E-state index is 13.3. The maximum Gasteiger partial charge on any atom is 0.417 e. The van der Waals surface area contributed by atoms with E-state index in [-0.39, 0.29) is 55.2 Å². The zero-order chi connectivity index (χ0) is 24.1. The van der Waals surface area contributed by atoms with E-state index in [2.05, 4.69) is 5.10 Å². The number of hydrogen-bond donors (Lipinski definition) is 1. The predicted molar refractivity (Wildman–Crippen MR) is 122 cm³/mol. The molecule has 0 fully saturated rings. The van der Waals surface area contributed by atoms with Gasteiger partial charge in [-0.25, -0.2) is 0 Å². The second-order valence-electron chi connectivity index (χ2n) is 7.97. The highest BCUT2D eigenvalue weighted by Crippen LogP contribution is 2.37. The van der Waals surface area contributed by atoms with Crippen molar-refractivity contribution in [3.8, 4) is 0 Å². The van der Waals surface area contributed by atoms with Gasteiger partial charge in [0, 0.05) is 34.5 Å². The number of aromatic nitrogens is 3. The number of Topliss-reactive ketones (excluding diaryl/α,β-unsaturated/α-hetero) is 1. The fourth-order valence-electron chi connectivity index (χ4n) is 3.91. The van der Waals surface area contributed by atoms with E-state index in [1.54, 1.807) is 13.0 Å². The van der Waals surface area contributed by atoms with Crippen molar-refractivity contribution in [2.45, 2.75) is 32.5 Å². The van der Waals surface area contributed by atoms with E-state index in [4.69, 9.17) is 11.6 Å². The third-order valence-electron chi connectivity index (χ3n) is 5.42. The molecule has 0 unspecified atom stereocenters. The SMILES string of the molecule is Cc1cc(C(=O)Cc2cnn3c2C(=O)N(c2ccc(C(F)(F)F)c(Cl)c2)C[C@@H]3C)c[n+](O)c1.S. The van der Waals surface area contributed by atoms with Crippen LogP contribution in [0.1, 0.15) is 50.5 Å². The van der Waals surface area contributed by atoms with Crippen LogP contribution >= 0.6 is 25.1 Å². The number of carbonyl (C=O) groups excluding carboxylic acids is 2. The van der Waals surface area contributed by atoms with E-state index in [1.165, 1.54) is 34.2 Å². The zero-order valence-corrected chi connectivity index (χ0v) is 19.9. The van der Waals surface area contributed by atoms with Crippen molar-refractivity contribution in [1.82, 2.24) is 9.78 Å². The predicted octanol–water partition coefficient (Wildman–Crippen LogP) is 4.15. The Kier molecular flexibility index (Phi) is 6.99. The standard InChI is InChI=1S/C22H19ClF3N4O3.H2S/c1-12-5-15(11-28(33)9-12)19(31)6-14-8-27-30-13(2)10-29(21(32)20(14)30)16-3-4-17(18(23)7-16)22(24,25)26;/h3-5,7-9,11,13,33H,6,10H2,1-2H3;1H2/q+1;/t13-;/m0./s1. The topological polar surface area (TPSA) is 79.3 Å². The van der Waals surface area contributed by atoms with Crippen molar-refractivity contribution in [2.75, 3.05) is 11.4 Å². The molecule has 7 nitrogen and oxygen atoms in total. The molecular formula is C22H21ClF3N4O3S+. The monoisotopic (exact) mass is 513 g/mol. The number of aryl methyl sites for hydroxylation is 1. The van der Waals surface area contributed by atoms with Gasteiger partial charge in [-0.05, 0) is 38.1 Å². The summed E-state index contributed by atoms with van der Waals surface area (Å²) >= 11 is 5.85. The lowest BCUT2D eigenvalue weighted by Crippen LogP contribution is -2.43. The third-order valence-corrected chi connectivity index (χ3v) is 5.73. The Bertz CT molecular complexity index is 1260. The van der Waals surface area contributed by atoms with Crippen molar-refractivity contribution in [3.05, 3.63) is 75.8 Å². The van der Waals surface area contributed by atoms with E-state index >= 15 is 0 Å². The number of carbonyl (C=O) groups is 2. The van der Waals surface area contributed by atoms with Crippen molar-refractivity contribution >= 4 is 42.5 Å². The summed E-state index contributed by atoms with van der Waals surface area (Å²) in [6.07, 6.45) is -0.598. The minimum Gasteiger partial charge on any atom is -0.305 e. The molecule has 0 radical (unpaired) electrons. The molecule has 0 bridgehead atoms. The quantitative estimate of drug-likeness (QED) is 0.323. The van der Waals surface area contributed by atoms with E-state index in [0.29, 0.717) is 11.1 Å². The molecule has 180 valence electrons. The van der Waals surface area contributed by atoms with Crippen LogP contribution in [-0.2, 0) is 12.6 Å². The molecule has 1 atom stereocenters. The summed E-state index contributed by atoms with van der Waals surface area (Å²) in [5.41, 5.74) is 0.736. The first-order chi connectivity index (χ1) is 15.5. The number of nitrogens with zero attached hydrogens (tertiary/aromatic N) is 4. The van der Waals surface area contributed by atoms with Gasteiger partial charge in [-0.15, -0.1) is 0 Å². The molecule has 1 aliphatic rings. The molecular weight excluding hydrogens is 493 g/mol. The molecule has 3 heterocycles. The van der Waals surface area contributed by atoms with Gasteiger partial charge in [-0.1, -0.05) is 11.6 Å². The van der Waals surface area contributed by atoms with Gasteiger partial charge < -0.3 is 4.90 Å². The normalized spacial score (nSPS) is 15.6. The van der Waals surface area contributed by atoms with E-state index in [0.717, 1.165) is 16.9 Å². The first-order valence-corrected chi connectivity index (χ1v) is 10.3. The van der Waals surface area contributed by atoms with Crippen LogP contribution in [0.3, 0.4) is 0 Å². The van der Waals surface area contributed by atoms with E-state index < -0.39 is 22.7 Å². The van der Waals surface area contributed by atoms with Crippen LogP contribution in [0.5, 0.6) is 0 Å². The first-order valence-electron chi connectivity index (χ1n) is 9.96. The van der Waals surface area contributed by atoms with Gasteiger partial charge in [0.2, 0.25) is 12.4 Å². The van der Waals surface area contributed by atoms with Crippen molar-refractivity contribution < 1.29 is 32.7 Å². The molecule has 2 aromatic heterocycles. The summed E-state index contributed by atoms with van der Waals surface area (Å²) in [7, 11) is 0. The number of alkyl halides is 3. The highest BCUT2D eigenvalue weighted by molar-refractivity contribution is 7.59. The number of anilines is 1. The fraction of sp³-hybridized carbons (Fsp3) is 0.273. The lowest BCUT2D eigenvalue weighted by atomic mass is 10.0. The summed E-state index contributed by atoms with van der Waals surface area (Å²) in [4.78, 5) is 27.4. The van der Waals surface area contributed by atoms with Gasteiger partial charge in [0.05, 0.1) is 28.4 Å². The Morgan fingerprint density at radius 2 is 2.00 bits per heavy atom. The Morgan fingerprint density at radius 3 is 2.62 bits per heavy atom. The van der Waals surface area contributed by atoms with E-state index in [9.17, 15) is 28.0 Å². The molecule has 12 heteroatoms. The molecule has 34 heavy (non-hydrogen) atoms. The van der Waals surface area contributed by atoms with Crippen LogP contribution in [0, 0.1) is 6.92 Å². The molecule has 1 aromatic carbocycles. The van der Waals surface area contributed by atoms with Gasteiger partial charge >= 0.3 is 6.18 Å². The van der Waals surface area contributed by atoms with Crippen LogP contribution in [0.2, 0.25) is 5.02 Å². The summed E-state index contributed by atoms with van der Waals surface area (Å²) in [6, 6.07) is 4.47. The highest BCUT2D eigenvalue weighted by Gasteiger charge is 2.36. The third kappa shape index (κ3) is 4.76. The minimum atomic E-state index is -4.61. The number of benzene rings is 1. The van der Waals surface area contributed by atoms with Crippen LogP contribution in [0.4, 0.5) is 18.9 Å². The largest absolute Gasteiger partial charge is 0.417 e. The number of ketones is 1. The maximum atomic E-state index is 13.3. The van der Waals surface area contributed by atoms with Crippen LogP contribution in [-0.4, -0.2) is 33.2 Å². The smallest absolute Gasteiger partial charge is 0.305 e. The van der Waals surface area contributed by atoms with Gasteiger partial charge in [-0.2, -0.15) is 31.8 Å². The van der Waals surface area contributed by atoms with Crippen molar-refractivity contribution in [1.29, 1.82) is 0 Å². The highest BCUT2D eigenvalue weighted by atomic mass is 35.5. The van der Waals surface area contributed by atoms with Gasteiger partial charge in [-0.3, -0.25) is 19.5 Å². The Balaban J connectivity index is 0.00000324. The molecule has 1 aliphatic heterocycles. The van der Waals surface area contributed by atoms with E-state index in [1.807, 2.05) is 6.92 Å². The average molecular weight is 514 g/mol. The molecule has 0 saturated carbocycles. The molecule has 0 aliphatic carbocycles. The zero-order valence-electron chi connectivity index (χ0n) is 18.1. The lowest BCUT2D eigenvalue weighted by Gasteiger charge is -2.32. The molecule has 0 spiro atoms. The summed E-state index contributed by atoms with van der Waals surface area (Å²) in [6.45, 7) is 3.71. The Hall–Kier alpha value is -3.05. The number of pyridine rings is 1. The summed E-state index contributed by atoms with van der Waals surface area (Å²) in [5, 5.41) is 13.4. The number of hydrogen-bond acceptors (Lipinski definition) is 4. The average Bonchev–Trinajstić information content (AvgIpc) is 3.13. The second-order valence-corrected chi connectivity index (χ2v) is 8.38. The number of fused-ring (bicyclic) bond motifs is 1. The number of rotatable bonds is 4. The number of halogens is 4. The van der Waals surface area contributed by atoms with Crippen molar-refractivity contribution in [2.24, 2.45) is 0 Å².